The van der Waals surface area contributed by atoms with Crippen LogP contribution in [-0.2, 0) is 0 Å². The number of rotatable bonds is 4. The fraction of sp³-hybridized carbons (Fsp3) is 0.778. The predicted molar refractivity (Wildman–Crippen MR) is 46.9 cm³/mol. The molecule has 0 spiro atoms. The SMILES string of the molecule is C=C(C)N(C)CC(C)CC. The molecule has 0 fully saturated rings. The summed E-state index contributed by atoms with van der Waals surface area (Å²) in [5, 5.41) is 0. The standard InChI is InChI=1S/C9H19N/c1-6-9(4)7-10(5)8(2)3/h9H,2,6-7H2,1,3-5H3. The smallest absolute Gasteiger partial charge is 0.0197 e. The summed E-state index contributed by atoms with van der Waals surface area (Å²) in [6.07, 6.45) is 1.25. The van der Waals surface area contributed by atoms with Gasteiger partial charge in [-0.15, -0.1) is 0 Å². The van der Waals surface area contributed by atoms with Gasteiger partial charge in [-0.2, -0.15) is 0 Å². The maximum absolute atomic E-state index is 3.87. The molecular weight excluding hydrogens is 122 g/mol. The first-order valence-corrected chi connectivity index (χ1v) is 3.94. The van der Waals surface area contributed by atoms with E-state index in [1.54, 1.807) is 0 Å². The van der Waals surface area contributed by atoms with Crippen molar-refractivity contribution in [1.82, 2.24) is 4.90 Å². The molecule has 0 rings (SSSR count). The molecule has 60 valence electrons. The molecule has 0 radical (unpaired) electrons. The Bertz CT molecular complexity index is 107. The summed E-state index contributed by atoms with van der Waals surface area (Å²) in [6.45, 7) is 11.5. The van der Waals surface area contributed by atoms with E-state index in [1.807, 2.05) is 6.92 Å². The van der Waals surface area contributed by atoms with E-state index >= 15 is 0 Å². The molecule has 10 heavy (non-hydrogen) atoms. The predicted octanol–water partition coefficient (Wildman–Crippen LogP) is 2.50. The van der Waals surface area contributed by atoms with Crippen LogP contribution in [0.2, 0.25) is 0 Å². The van der Waals surface area contributed by atoms with E-state index < -0.39 is 0 Å². The number of hydrogen-bond donors (Lipinski definition) is 0. The normalized spacial score (nSPS) is 12.8. The number of allylic oxidation sites excluding steroid dienone is 1. The van der Waals surface area contributed by atoms with E-state index in [0.29, 0.717) is 0 Å². The molecule has 1 heteroatoms. The van der Waals surface area contributed by atoms with Crippen molar-refractivity contribution in [3.05, 3.63) is 12.3 Å². The molecule has 1 atom stereocenters. The van der Waals surface area contributed by atoms with Crippen LogP contribution in [0, 0.1) is 5.92 Å². The fourth-order valence-electron chi connectivity index (χ4n) is 0.752. The Hall–Kier alpha value is -0.460. The van der Waals surface area contributed by atoms with Gasteiger partial charge in [-0.05, 0) is 12.8 Å². The zero-order chi connectivity index (χ0) is 8.15. The molecule has 0 amide bonds. The minimum absolute atomic E-state index is 0.779. The van der Waals surface area contributed by atoms with E-state index in [2.05, 4.69) is 32.4 Å². The molecule has 0 aromatic carbocycles. The Balaban J connectivity index is 3.56. The van der Waals surface area contributed by atoms with Gasteiger partial charge in [-0.25, -0.2) is 0 Å². The van der Waals surface area contributed by atoms with Crippen molar-refractivity contribution in [3.8, 4) is 0 Å². The molecule has 0 aromatic rings. The Labute approximate surface area is 64.7 Å². The van der Waals surface area contributed by atoms with Crippen molar-refractivity contribution < 1.29 is 0 Å². The first-order valence-electron chi connectivity index (χ1n) is 3.94. The first kappa shape index (κ1) is 9.54. The number of hydrogen-bond acceptors (Lipinski definition) is 1. The topological polar surface area (TPSA) is 3.24 Å². The zero-order valence-corrected chi connectivity index (χ0v) is 7.65. The molecule has 0 saturated heterocycles. The van der Waals surface area contributed by atoms with Crippen molar-refractivity contribution in [1.29, 1.82) is 0 Å². The van der Waals surface area contributed by atoms with Crippen molar-refractivity contribution in [2.45, 2.75) is 27.2 Å². The van der Waals surface area contributed by atoms with Crippen LogP contribution in [0.25, 0.3) is 0 Å². The minimum atomic E-state index is 0.779. The highest BCUT2D eigenvalue weighted by molar-refractivity contribution is 4.86. The summed E-state index contributed by atoms with van der Waals surface area (Å²) in [7, 11) is 2.09. The van der Waals surface area contributed by atoms with Crippen molar-refractivity contribution in [2.24, 2.45) is 5.92 Å². The lowest BCUT2D eigenvalue weighted by molar-refractivity contribution is 0.343. The molecule has 0 bridgehead atoms. The van der Waals surface area contributed by atoms with E-state index in [0.717, 1.165) is 18.2 Å². The van der Waals surface area contributed by atoms with Gasteiger partial charge in [0.15, 0.2) is 0 Å². The Morgan fingerprint density at radius 3 is 2.40 bits per heavy atom. The zero-order valence-electron chi connectivity index (χ0n) is 7.65. The van der Waals surface area contributed by atoms with E-state index in [-0.39, 0.29) is 0 Å². The molecule has 0 aliphatic carbocycles. The maximum atomic E-state index is 3.87. The lowest BCUT2D eigenvalue weighted by atomic mass is 10.1. The molecule has 1 unspecified atom stereocenters. The summed E-state index contributed by atoms with van der Waals surface area (Å²) in [6, 6.07) is 0. The number of nitrogens with zero attached hydrogens (tertiary/aromatic N) is 1. The Morgan fingerprint density at radius 2 is 2.10 bits per heavy atom. The van der Waals surface area contributed by atoms with Crippen LogP contribution in [0.15, 0.2) is 12.3 Å². The average Bonchev–Trinajstić information content (AvgIpc) is 1.87. The van der Waals surface area contributed by atoms with Gasteiger partial charge in [0.1, 0.15) is 0 Å². The van der Waals surface area contributed by atoms with Gasteiger partial charge in [0.05, 0.1) is 0 Å². The van der Waals surface area contributed by atoms with Crippen LogP contribution >= 0.6 is 0 Å². The van der Waals surface area contributed by atoms with Crippen LogP contribution in [0.4, 0.5) is 0 Å². The highest BCUT2D eigenvalue weighted by Gasteiger charge is 2.02. The molecule has 0 N–H and O–H groups in total. The minimum Gasteiger partial charge on any atom is -0.378 e. The Kier molecular flexibility index (Phi) is 4.17. The second-order valence-corrected chi connectivity index (χ2v) is 3.13. The average molecular weight is 141 g/mol. The molecule has 0 saturated carbocycles. The quantitative estimate of drug-likeness (QED) is 0.581. The van der Waals surface area contributed by atoms with Crippen molar-refractivity contribution in [3.63, 3.8) is 0 Å². The van der Waals surface area contributed by atoms with E-state index in [9.17, 15) is 0 Å². The molecular formula is C9H19N. The van der Waals surface area contributed by atoms with E-state index in [4.69, 9.17) is 0 Å². The van der Waals surface area contributed by atoms with Crippen molar-refractivity contribution in [2.75, 3.05) is 13.6 Å². The summed E-state index contributed by atoms with van der Waals surface area (Å²) < 4.78 is 0. The second kappa shape index (κ2) is 4.37. The lowest BCUT2D eigenvalue weighted by Gasteiger charge is -2.22. The monoisotopic (exact) mass is 141 g/mol. The first-order chi connectivity index (χ1) is 4.57. The lowest BCUT2D eigenvalue weighted by Crippen LogP contribution is -2.21. The van der Waals surface area contributed by atoms with Gasteiger partial charge in [-0.1, -0.05) is 26.8 Å². The highest BCUT2D eigenvalue weighted by atomic mass is 15.1. The van der Waals surface area contributed by atoms with Gasteiger partial charge in [-0.3, -0.25) is 0 Å². The molecule has 0 aromatic heterocycles. The van der Waals surface area contributed by atoms with Crippen LogP contribution in [0.1, 0.15) is 27.2 Å². The van der Waals surface area contributed by atoms with Crippen LogP contribution in [0.5, 0.6) is 0 Å². The second-order valence-electron chi connectivity index (χ2n) is 3.13. The van der Waals surface area contributed by atoms with Gasteiger partial charge < -0.3 is 4.90 Å². The summed E-state index contributed by atoms with van der Waals surface area (Å²) in [4.78, 5) is 2.20. The third kappa shape index (κ3) is 3.54. The largest absolute Gasteiger partial charge is 0.378 e. The summed E-state index contributed by atoms with van der Waals surface area (Å²) in [5.41, 5.74) is 1.15. The van der Waals surface area contributed by atoms with Crippen LogP contribution < -0.4 is 0 Å². The highest BCUT2D eigenvalue weighted by Crippen LogP contribution is 2.05. The maximum Gasteiger partial charge on any atom is 0.0197 e. The molecule has 0 aliphatic rings. The fourth-order valence-corrected chi connectivity index (χ4v) is 0.752. The summed E-state index contributed by atoms with van der Waals surface area (Å²) in [5.74, 6) is 0.779. The van der Waals surface area contributed by atoms with Gasteiger partial charge in [0, 0.05) is 19.3 Å². The van der Waals surface area contributed by atoms with Gasteiger partial charge in [0.25, 0.3) is 0 Å². The molecule has 1 nitrogen and oxygen atoms in total. The molecule has 0 heterocycles. The van der Waals surface area contributed by atoms with Crippen molar-refractivity contribution >= 4 is 0 Å². The Morgan fingerprint density at radius 1 is 1.60 bits per heavy atom. The third-order valence-corrected chi connectivity index (χ3v) is 1.93. The van der Waals surface area contributed by atoms with Crippen LogP contribution in [-0.4, -0.2) is 18.5 Å². The van der Waals surface area contributed by atoms with Gasteiger partial charge >= 0.3 is 0 Å². The van der Waals surface area contributed by atoms with Gasteiger partial charge in [0.2, 0.25) is 0 Å². The van der Waals surface area contributed by atoms with Crippen LogP contribution in [0.3, 0.4) is 0 Å². The molecule has 0 aliphatic heterocycles. The van der Waals surface area contributed by atoms with E-state index in [1.165, 1.54) is 6.42 Å². The third-order valence-electron chi connectivity index (χ3n) is 1.93. The summed E-state index contributed by atoms with van der Waals surface area (Å²) >= 11 is 0.